The molecular formula is C7H14NO. The molecule has 53 valence electrons. The van der Waals surface area contributed by atoms with Crippen LogP contribution in [0.15, 0.2) is 0 Å². The predicted molar refractivity (Wildman–Crippen MR) is 36.8 cm³/mol. The Morgan fingerprint density at radius 2 is 2.44 bits per heavy atom. The molecule has 1 saturated carbocycles. The van der Waals surface area contributed by atoms with Gasteiger partial charge in [-0.05, 0) is 26.2 Å². The third-order valence-corrected chi connectivity index (χ3v) is 2.17. The Hall–Kier alpha value is -0.0800. The molecule has 9 heavy (non-hydrogen) atoms. The van der Waals surface area contributed by atoms with E-state index < -0.39 is 5.60 Å². The summed E-state index contributed by atoms with van der Waals surface area (Å²) in [5, 5.41) is 12.4. The highest BCUT2D eigenvalue weighted by atomic mass is 16.3. The fourth-order valence-corrected chi connectivity index (χ4v) is 1.47. The van der Waals surface area contributed by atoms with Crippen LogP contribution in [0.2, 0.25) is 0 Å². The highest BCUT2D eigenvalue weighted by molar-refractivity contribution is 4.93. The standard InChI is InChI=1S/C7H14NO/c1-7(9)5-3-4-6(7)8-2/h6,8-9H,2-5H2,1H3/t6?,7-/m0/s1. The Morgan fingerprint density at radius 3 is 2.67 bits per heavy atom. The average Bonchev–Trinajstić information content (AvgIpc) is 2.08. The highest BCUT2D eigenvalue weighted by Crippen LogP contribution is 2.28. The summed E-state index contributed by atoms with van der Waals surface area (Å²) in [4.78, 5) is 0. The van der Waals surface area contributed by atoms with E-state index in [-0.39, 0.29) is 6.04 Å². The summed E-state index contributed by atoms with van der Waals surface area (Å²) in [5.74, 6) is 0. The zero-order valence-corrected chi connectivity index (χ0v) is 5.85. The van der Waals surface area contributed by atoms with Crippen molar-refractivity contribution in [2.24, 2.45) is 0 Å². The fourth-order valence-electron chi connectivity index (χ4n) is 1.47. The van der Waals surface area contributed by atoms with Crippen LogP contribution in [0.1, 0.15) is 26.2 Å². The van der Waals surface area contributed by atoms with Gasteiger partial charge >= 0.3 is 0 Å². The summed E-state index contributed by atoms with van der Waals surface area (Å²) in [6.45, 7) is 1.86. The van der Waals surface area contributed by atoms with Gasteiger partial charge in [-0.15, -0.1) is 0 Å². The summed E-state index contributed by atoms with van der Waals surface area (Å²) in [6, 6.07) is 0.206. The van der Waals surface area contributed by atoms with Crippen LogP contribution >= 0.6 is 0 Å². The lowest BCUT2D eigenvalue weighted by molar-refractivity contribution is 0.0435. The van der Waals surface area contributed by atoms with Crippen LogP contribution in [-0.2, 0) is 0 Å². The molecular weight excluding hydrogens is 114 g/mol. The minimum Gasteiger partial charge on any atom is -0.389 e. The van der Waals surface area contributed by atoms with Gasteiger partial charge in [0.25, 0.3) is 0 Å². The van der Waals surface area contributed by atoms with Crippen molar-refractivity contribution in [3.05, 3.63) is 7.05 Å². The van der Waals surface area contributed by atoms with Crippen molar-refractivity contribution in [2.75, 3.05) is 0 Å². The van der Waals surface area contributed by atoms with Crippen molar-refractivity contribution in [3.63, 3.8) is 0 Å². The topological polar surface area (TPSA) is 32.3 Å². The second-order valence-electron chi connectivity index (χ2n) is 3.01. The van der Waals surface area contributed by atoms with Crippen LogP contribution in [0.25, 0.3) is 0 Å². The molecule has 0 heterocycles. The Labute approximate surface area is 56.3 Å². The number of hydrogen-bond acceptors (Lipinski definition) is 2. The first-order chi connectivity index (χ1) is 4.17. The Balaban J connectivity index is 2.52. The van der Waals surface area contributed by atoms with Crippen LogP contribution < -0.4 is 5.32 Å². The summed E-state index contributed by atoms with van der Waals surface area (Å²) in [6.07, 6.45) is 3.07. The van der Waals surface area contributed by atoms with Gasteiger partial charge in [-0.25, -0.2) is 0 Å². The predicted octanol–water partition coefficient (Wildman–Crippen LogP) is 0.671. The largest absolute Gasteiger partial charge is 0.389 e. The van der Waals surface area contributed by atoms with Crippen molar-refractivity contribution in [3.8, 4) is 0 Å². The minimum absolute atomic E-state index is 0.206. The van der Waals surface area contributed by atoms with E-state index in [1.165, 1.54) is 0 Å². The molecule has 1 fully saturated rings. The van der Waals surface area contributed by atoms with Crippen molar-refractivity contribution >= 4 is 0 Å². The number of hydrogen-bond donors (Lipinski definition) is 2. The second-order valence-corrected chi connectivity index (χ2v) is 3.01. The lowest BCUT2D eigenvalue weighted by Gasteiger charge is -2.24. The highest BCUT2D eigenvalue weighted by Gasteiger charge is 2.35. The molecule has 2 nitrogen and oxygen atoms in total. The quantitative estimate of drug-likeness (QED) is 0.544. The number of rotatable bonds is 1. The van der Waals surface area contributed by atoms with Gasteiger partial charge in [-0.2, -0.15) is 0 Å². The molecule has 1 aliphatic carbocycles. The van der Waals surface area contributed by atoms with Gasteiger partial charge in [0.2, 0.25) is 0 Å². The van der Waals surface area contributed by atoms with Gasteiger partial charge < -0.3 is 10.4 Å². The monoisotopic (exact) mass is 128 g/mol. The molecule has 2 N–H and O–H groups in total. The molecule has 1 radical (unpaired) electrons. The van der Waals surface area contributed by atoms with E-state index in [4.69, 9.17) is 0 Å². The molecule has 0 aromatic rings. The lowest BCUT2D eigenvalue weighted by atomic mass is 10.0. The van der Waals surface area contributed by atoms with E-state index in [1.54, 1.807) is 0 Å². The molecule has 0 spiro atoms. The molecule has 0 aliphatic heterocycles. The van der Waals surface area contributed by atoms with Crippen molar-refractivity contribution < 1.29 is 5.11 Å². The van der Waals surface area contributed by atoms with Crippen LogP contribution in [0.4, 0.5) is 0 Å². The molecule has 1 aliphatic rings. The summed E-state index contributed by atoms with van der Waals surface area (Å²) in [5.41, 5.74) is -0.512. The SMILES string of the molecule is [CH2]NC1CCC[C@]1(C)O. The Bertz CT molecular complexity index is 101. The fraction of sp³-hybridized carbons (Fsp3) is 0.857. The Morgan fingerprint density at radius 1 is 1.78 bits per heavy atom. The van der Waals surface area contributed by atoms with Gasteiger partial charge in [-0.1, -0.05) is 0 Å². The molecule has 2 atom stereocenters. The zero-order valence-electron chi connectivity index (χ0n) is 5.85. The maximum absolute atomic E-state index is 9.55. The first kappa shape index (κ1) is 7.03. The van der Waals surface area contributed by atoms with Gasteiger partial charge in [0.05, 0.1) is 5.60 Å². The normalized spacial score (nSPS) is 43.7. The zero-order chi connectivity index (χ0) is 6.91. The number of nitrogens with one attached hydrogen (secondary N) is 1. The van der Waals surface area contributed by atoms with Gasteiger partial charge in [0.15, 0.2) is 0 Å². The smallest absolute Gasteiger partial charge is 0.0772 e. The number of aliphatic hydroxyl groups is 1. The van der Waals surface area contributed by atoms with Gasteiger partial charge in [0.1, 0.15) is 0 Å². The van der Waals surface area contributed by atoms with E-state index in [2.05, 4.69) is 12.4 Å². The lowest BCUT2D eigenvalue weighted by Crippen LogP contribution is -2.41. The molecule has 0 bridgehead atoms. The summed E-state index contributed by atoms with van der Waals surface area (Å²) >= 11 is 0. The summed E-state index contributed by atoms with van der Waals surface area (Å²) in [7, 11) is 3.55. The molecule has 2 heteroatoms. The molecule has 1 unspecified atom stereocenters. The van der Waals surface area contributed by atoms with E-state index in [0.29, 0.717) is 0 Å². The molecule has 0 saturated heterocycles. The van der Waals surface area contributed by atoms with Crippen LogP contribution in [0.5, 0.6) is 0 Å². The van der Waals surface area contributed by atoms with Crippen LogP contribution in [0, 0.1) is 7.05 Å². The third-order valence-electron chi connectivity index (χ3n) is 2.17. The van der Waals surface area contributed by atoms with Gasteiger partial charge in [-0.3, -0.25) is 0 Å². The average molecular weight is 128 g/mol. The van der Waals surface area contributed by atoms with E-state index in [1.807, 2.05) is 6.92 Å². The van der Waals surface area contributed by atoms with Crippen molar-refractivity contribution in [1.82, 2.24) is 5.32 Å². The van der Waals surface area contributed by atoms with E-state index in [9.17, 15) is 5.11 Å². The third kappa shape index (κ3) is 1.25. The first-order valence-electron chi connectivity index (χ1n) is 3.42. The Kier molecular flexibility index (Phi) is 1.78. The summed E-state index contributed by atoms with van der Waals surface area (Å²) < 4.78 is 0. The van der Waals surface area contributed by atoms with Crippen molar-refractivity contribution in [2.45, 2.75) is 37.8 Å². The maximum Gasteiger partial charge on any atom is 0.0772 e. The second kappa shape index (κ2) is 2.27. The minimum atomic E-state index is -0.512. The molecule has 0 amide bonds. The van der Waals surface area contributed by atoms with E-state index >= 15 is 0 Å². The van der Waals surface area contributed by atoms with Gasteiger partial charge in [0, 0.05) is 13.1 Å². The van der Waals surface area contributed by atoms with Crippen LogP contribution in [-0.4, -0.2) is 16.7 Å². The van der Waals surface area contributed by atoms with Crippen LogP contribution in [0.3, 0.4) is 0 Å². The molecule has 1 rings (SSSR count). The van der Waals surface area contributed by atoms with E-state index in [0.717, 1.165) is 19.3 Å². The molecule has 0 aromatic carbocycles. The maximum atomic E-state index is 9.55. The van der Waals surface area contributed by atoms with Crippen molar-refractivity contribution in [1.29, 1.82) is 0 Å². The first-order valence-corrected chi connectivity index (χ1v) is 3.42. The molecule has 0 aromatic heterocycles.